The first-order valence-electron chi connectivity index (χ1n) is 9.61. The molecule has 2 saturated carbocycles. The van der Waals surface area contributed by atoms with Crippen LogP contribution in [0.25, 0.3) is 0 Å². The van der Waals surface area contributed by atoms with E-state index in [4.69, 9.17) is 0 Å². The van der Waals surface area contributed by atoms with Crippen molar-refractivity contribution >= 4 is 0 Å². The number of nitrogens with zero attached hydrogens (tertiary/aromatic N) is 1. The molecule has 1 unspecified atom stereocenters. The maximum Gasteiger partial charge on any atom is 0.0359 e. The van der Waals surface area contributed by atoms with Gasteiger partial charge in [0.25, 0.3) is 0 Å². The molecule has 1 N–H and O–H groups in total. The van der Waals surface area contributed by atoms with Crippen LogP contribution in [0.2, 0.25) is 0 Å². The van der Waals surface area contributed by atoms with Crippen molar-refractivity contribution in [3.05, 3.63) is 0 Å². The lowest BCUT2D eigenvalue weighted by atomic mass is 9.71. The molecule has 2 aliphatic carbocycles. The first-order chi connectivity index (χ1) is 10.2. The molecule has 0 amide bonds. The highest BCUT2D eigenvalue weighted by Gasteiger charge is 2.44. The first kappa shape index (κ1) is 17.3. The van der Waals surface area contributed by atoms with Gasteiger partial charge in [-0.1, -0.05) is 51.9 Å². The van der Waals surface area contributed by atoms with Gasteiger partial charge in [0.05, 0.1) is 0 Å². The summed E-state index contributed by atoms with van der Waals surface area (Å²) in [5.74, 6) is 0.908. The molecule has 2 nitrogen and oxygen atoms in total. The minimum atomic E-state index is 0.410. The Morgan fingerprint density at radius 1 is 0.952 bits per heavy atom. The standard InChI is InChI=1S/C19H38N2/c1-4-16-20-18(17-12-8-7-9-13-17)19(21(2)3)14-10-5-6-11-15-19/h17-18,20H,4-16H2,1-3H3. The van der Waals surface area contributed by atoms with E-state index in [0.29, 0.717) is 11.6 Å². The number of hydrogen-bond acceptors (Lipinski definition) is 2. The van der Waals surface area contributed by atoms with Crippen molar-refractivity contribution in [3.8, 4) is 0 Å². The van der Waals surface area contributed by atoms with Crippen LogP contribution in [0.1, 0.15) is 84.0 Å². The Labute approximate surface area is 133 Å². The third-order valence-electron chi connectivity index (χ3n) is 6.17. The Balaban J connectivity index is 2.19. The lowest BCUT2D eigenvalue weighted by Gasteiger charge is -2.50. The van der Waals surface area contributed by atoms with E-state index < -0.39 is 0 Å². The molecule has 124 valence electrons. The van der Waals surface area contributed by atoms with Gasteiger partial charge in [0.2, 0.25) is 0 Å². The van der Waals surface area contributed by atoms with Crippen molar-refractivity contribution in [1.82, 2.24) is 10.2 Å². The smallest absolute Gasteiger partial charge is 0.0359 e. The quantitative estimate of drug-likeness (QED) is 0.721. The van der Waals surface area contributed by atoms with Crippen molar-refractivity contribution in [2.24, 2.45) is 5.92 Å². The summed E-state index contributed by atoms with van der Waals surface area (Å²) in [4.78, 5) is 2.60. The van der Waals surface area contributed by atoms with E-state index in [1.165, 1.54) is 83.6 Å². The maximum absolute atomic E-state index is 4.02. The maximum atomic E-state index is 4.02. The van der Waals surface area contributed by atoms with E-state index in [-0.39, 0.29) is 0 Å². The highest BCUT2D eigenvalue weighted by molar-refractivity contribution is 5.03. The molecule has 2 rings (SSSR count). The van der Waals surface area contributed by atoms with Crippen LogP contribution < -0.4 is 5.32 Å². The van der Waals surface area contributed by atoms with Crippen molar-refractivity contribution in [2.75, 3.05) is 20.6 Å². The minimum absolute atomic E-state index is 0.410. The summed E-state index contributed by atoms with van der Waals surface area (Å²) in [6.45, 7) is 3.50. The molecule has 0 aromatic carbocycles. The summed E-state index contributed by atoms with van der Waals surface area (Å²) in [5.41, 5.74) is 0.410. The van der Waals surface area contributed by atoms with E-state index >= 15 is 0 Å². The molecule has 2 heteroatoms. The lowest BCUT2D eigenvalue weighted by molar-refractivity contribution is 0.0421. The van der Waals surface area contributed by atoms with Crippen molar-refractivity contribution in [3.63, 3.8) is 0 Å². The van der Waals surface area contributed by atoms with Crippen LogP contribution in [-0.4, -0.2) is 37.1 Å². The SMILES string of the molecule is CCCNC(C1CCCCC1)C1(N(C)C)CCCCCC1. The van der Waals surface area contributed by atoms with Crippen LogP contribution in [-0.2, 0) is 0 Å². The van der Waals surface area contributed by atoms with Gasteiger partial charge in [0.1, 0.15) is 0 Å². The fraction of sp³-hybridized carbons (Fsp3) is 1.00. The minimum Gasteiger partial charge on any atom is -0.312 e. The Bertz CT molecular complexity index is 273. The highest BCUT2D eigenvalue weighted by Crippen LogP contribution is 2.40. The van der Waals surface area contributed by atoms with Gasteiger partial charge in [-0.3, -0.25) is 0 Å². The molecule has 0 aliphatic heterocycles. The summed E-state index contributed by atoms with van der Waals surface area (Å²) in [7, 11) is 4.68. The van der Waals surface area contributed by atoms with E-state index in [1.807, 2.05) is 0 Å². The fourth-order valence-electron chi connectivity index (χ4n) is 4.94. The van der Waals surface area contributed by atoms with Gasteiger partial charge in [-0.05, 0) is 58.7 Å². The second-order valence-electron chi connectivity index (χ2n) is 7.74. The lowest BCUT2D eigenvalue weighted by Crippen LogP contribution is -2.62. The average Bonchev–Trinajstić information content (AvgIpc) is 2.76. The molecule has 0 spiro atoms. The van der Waals surface area contributed by atoms with Gasteiger partial charge in [-0.25, -0.2) is 0 Å². The summed E-state index contributed by atoms with van der Waals surface area (Å²) < 4.78 is 0. The molecule has 0 bridgehead atoms. The first-order valence-corrected chi connectivity index (χ1v) is 9.61. The Hall–Kier alpha value is -0.0800. The monoisotopic (exact) mass is 294 g/mol. The van der Waals surface area contributed by atoms with Crippen LogP contribution in [0.5, 0.6) is 0 Å². The van der Waals surface area contributed by atoms with E-state index in [9.17, 15) is 0 Å². The van der Waals surface area contributed by atoms with Gasteiger partial charge in [-0.15, -0.1) is 0 Å². The normalized spacial score (nSPS) is 25.7. The van der Waals surface area contributed by atoms with Gasteiger partial charge in [-0.2, -0.15) is 0 Å². The Kier molecular flexibility index (Phi) is 7.01. The van der Waals surface area contributed by atoms with Crippen LogP contribution >= 0.6 is 0 Å². The summed E-state index contributed by atoms with van der Waals surface area (Å²) >= 11 is 0. The zero-order valence-electron chi connectivity index (χ0n) is 14.8. The van der Waals surface area contributed by atoms with Crippen molar-refractivity contribution in [2.45, 2.75) is 95.6 Å². The summed E-state index contributed by atoms with van der Waals surface area (Å²) in [6, 6.07) is 0.714. The van der Waals surface area contributed by atoms with Crippen LogP contribution in [0.15, 0.2) is 0 Å². The molecular formula is C19H38N2. The molecule has 0 saturated heterocycles. The van der Waals surface area contributed by atoms with Crippen molar-refractivity contribution in [1.29, 1.82) is 0 Å². The topological polar surface area (TPSA) is 15.3 Å². The van der Waals surface area contributed by atoms with Gasteiger partial charge < -0.3 is 10.2 Å². The molecule has 2 fully saturated rings. The van der Waals surface area contributed by atoms with E-state index in [2.05, 4.69) is 31.2 Å². The second kappa shape index (κ2) is 8.53. The molecular weight excluding hydrogens is 256 g/mol. The van der Waals surface area contributed by atoms with Gasteiger partial charge in [0, 0.05) is 11.6 Å². The number of rotatable bonds is 6. The molecule has 0 heterocycles. The van der Waals surface area contributed by atoms with Crippen molar-refractivity contribution < 1.29 is 0 Å². The predicted molar refractivity (Wildman–Crippen MR) is 92.8 cm³/mol. The zero-order valence-corrected chi connectivity index (χ0v) is 14.8. The molecule has 21 heavy (non-hydrogen) atoms. The second-order valence-corrected chi connectivity index (χ2v) is 7.74. The van der Waals surface area contributed by atoms with Crippen LogP contribution in [0.4, 0.5) is 0 Å². The van der Waals surface area contributed by atoms with Gasteiger partial charge in [0.15, 0.2) is 0 Å². The van der Waals surface area contributed by atoms with E-state index in [1.54, 1.807) is 0 Å². The average molecular weight is 295 g/mol. The van der Waals surface area contributed by atoms with Gasteiger partial charge >= 0.3 is 0 Å². The largest absolute Gasteiger partial charge is 0.312 e. The number of likely N-dealkylation sites (N-methyl/N-ethyl adjacent to an activating group) is 1. The van der Waals surface area contributed by atoms with Crippen LogP contribution in [0, 0.1) is 5.92 Å². The summed E-state index contributed by atoms with van der Waals surface area (Å²) in [5, 5.41) is 4.02. The molecule has 0 radical (unpaired) electrons. The summed E-state index contributed by atoms with van der Waals surface area (Å²) in [6.07, 6.45) is 17.1. The molecule has 1 atom stereocenters. The predicted octanol–water partition coefficient (Wildman–Crippen LogP) is 4.59. The third-order valence-corrected chi connectivity index (χ3v) is 6.17. The Morgan fingerprint density at radius 2 is 1.52 bits per heavy atom. The molecule has 0 aromatic rings. The molecule has 0 aromatic heterocycles. The van der Waals surface area contributed by atoms with Crippen LogP contribution in [0.3, 0.4) is 0 Å². The molecule has 2 aliphatic rings. The number of hydrogen-bond donors (Lipinski definition) is 1. The fourth-order valence-corrected chi connectivity index (χ4v) is 4.94. The number of nitrogens with one attached hydrogen (secondary N) is 1. The third kappa shape index (κ3) is 4.22. The highest BCUT2D eigenvalue weighted by atomic mass is 15.2. The van der Waals surface area contributed by atoms with E-state index in [0.717, 1.165) is 5.92 Å². The zero-order chi connectivity index (χ0) is 15.1. The Morgan fingerprint density at radius 3 is 2.05 bits per heavy atom.